The fourth-order valence-electron chi connectivity index (χ4n) is 3.54. The van der Waals surface area contributed by atoms with Gasteiger partial charge in [0.2, 0.25) is 11.8 Å². The van der Waals surface area contributed by atoms with Gasteiger partial charge in [-0.05, 0) is 37.3 Å². The third-order valence-electron chi connectivity index (χ3n) is 4.63. The maximum absolute atomic E-state index is 11.3. The van der Waals surface area contributed by atoms with Crippen molar-refractivity contribution in [1.29, 1.82) is 0 Å². The summed E-state index contributed by atoms with van der Waals surface area (Å²) in [6, 6.07) is 5.99. The highest BCUT2D eigenvalue weighted by atomic mass is 32.2. The van der Waals surface area contributed by atoms with Crippen LogP contribution in [0.1, 0.15) is 12.0 Å². The zero-order valence-corrected chi connectivity index (χ0v) is 13.3. The van der Waals surface area contributed by atoms with Gasteiger partial charge in [-0.25, -0.2) is 0 Å². The Kier molecular flexibility index (Phi) is 3.85. The van der Waals surface area contributed by atoms with Crippen molar-refractivity contribution in [1.82, 2.24) is 5.32 Å². The van der Waals surface area contributed by atoms with Gasteiger partial charge in [-0.1, -0.05) is 29.8 Å². The highest BCUT2D eigenvalue weighted by molar-refractivity contribution is 7.85. The molecule has 1 heterocycles. The SMILES string of the molecule is Cc1ccc(S(=O)(=O)O)cc1.O=C1NC(=O)C2C3C=CC(C3)C12. The van der Waals surface area contributed by atoms with Gasteiger partial charge in [0.05, 0.1) is 16.7 Å². The number of imide groups is 1. The molecule has 4 unspecified atom stereocenters. The second-order valence-corrected chi connectivity index (χ2v) is 7.56. The van der Waals surface area contributed by atoms with E-state index in [-0.39, 0.29) is 28.5 Å². The van der Waals surface area contributed by atoms with Gasteiger partial charge in [0.25, 0.3) is 10.1 Å². The largest absolute Gasteiger partial charge is 0.296 e. The second-order valence-electron chi connectivity index (χ2n) is 6.14. The smallest absolute Gasteiger partial charge is 0.294 e. The lowest BCUT2D eigenvalue weighted by Gasteiger charge is -2.14. The van der Waals surface area contributed by atoms with Gasteiger partial charge in [0.15, 0.2) is 0 Å². The Labute approximate surface area is 134 Å². The molecule has 6 nitrogen and oxygen atoms in total. The van der Waals surface area contributed by atoms with Crippen LogP contribution in [0.3, 0.4) is 0 Å². The zero-order valence-electron chi connectivity index (χ0n) is 12.5. The first-order valence-electron chi connectivity index (χ1n) is 7.34. The van der Waals surface area contributed by atoms with Crippen LogP contribution in [0.15, 0.2) is 41.3 Å². The van der Waals surface area contributed by atoms with Crippen molar-refractivity contribution in [3.05, 3.63) is 42.0 Å². The van der Waals surface area contributed by atoms with E-state index in [2.05, 4.69) is 17.5 Å². The Hall–Kier alpha value is -1.99. The first-order valence-corrected chi connectivity index (χ1v) is 8.78. The van der Waals surface area contributed by atoms with E-state index in [4.69, 9.17) is 4.55 Å². The quantitative estimate of drug-likeness (QED) is 0.458. The molecule has 0 aromatic heterocycles. The van der Waals surface area contributed by atoms with Crippen molar-refractivity contribution in [2.24, 2.45) is 23.7 Å². The van der Waals surface area contributed by atoms with E-state index in [1.165, 1.54) is 12.1 Å². The predicted molar refractivity (Wildman–Crippen MR) is 81.9 cm³/mol. The molecule has 2 N–H and O–H groups in total. The molecule has 1 saturated carbocycles. The summed E-state index contributed by atoms with van der Waals surface area (Å²) in [6.45, 7) is 1.84. The topological polar surface area (TPSA) is 101 Å². The summed E-state index contributed by atoms with van der Waals surface area (Å²) >= 11 is 0. The Morgan fingerprint density at radius 3 is 1.91 bits per heavy atom. The Bertz CT molecular complexity index is 753. The van der Waals surface area contributed by atoms with Gasteiger partial charge in [-0.15, -0.1) is 0 Å². The zero-order chi connectivity index (χ0) is 16.8. The molecule has 1 aliphatic heterocycles. The number of fused-ring (bicyclic) bond motifs is 5. The summed E-state index contributed by atoms with van der Waals surface area (Å²) in [6.07, 6.45) is 5.18. The maximum Gasteiger partial charge on any atom is 0.294 e. The molecule has 0 radical (unpaired) electrons. The Morgan fingerprint density at radius 1 is 1.00 bits per heavy atom. The number of aryl methyl sites for hydroxylation is 1. The van der Waals surface area contributed by atoms with Crippen molar-refractivity contribution >= 4 is 21.9 Å². The average Bonchev–Trinajstić information content (AvgIpc) is 3.14. The number of carbonyl (C=O) groups is 2. The van der Waals surface area contributed by atoms with Crippen LogP contribution in [-0.2, 0) is 19.7 Å². The van der Waals surface area contributed by atoms with Gasteiger partial charge < -0.3 is 0 Å². The molecule has 122 valence electrons. The lowest BCUT2D eigenvalue weighted by molar-refractivity contribution is -0.126. The minimum absolute atomic E-state index is 0.0347. The molecular formula is C16H17NO5S. The molecule has 2 aliphatic carbocycles. The maximum atomic E-state index is 11.3. The van der Waals surface area contributed by atoms with Crippen LogP contribution in [0.5, 0.6) is 0 Å². The Balaban J connectivity index is 0.000000137. The van der Waals surface area contributed by atoms with Crippen molar-refractivity contribution in [3.8, 4) is 0 Å². The van der Waals surface area contributed by atoms with Crippen molar-refractivity contribution in [2.75, 3.05) is 0 Å². The summed E-state index contributed by atoms with van der Waals surface area (Å²) in [4.78, 5) is 22.5. The standard InChI is InChI=1S/C9H9NO2.C7H8O3S/c11-8-6-4-1-2-5(3-4)7(6)9(12)10-8;1-6-2-4-7(5-3-6)11(8,9)10/h1-2,4-7H,3H2,(H,10,11,12);2-5H,1H3,(H,8,9,10). The van der Waals surface area contributed by atoms with Crippen molar-refractivity contribution in [2.45, 2.75) is 18.2 Å². The minimum atomic E-state index is -4.02. The fraction of sp³-hybridized carbons (Fsp3) is 0.375. The third-order valence-corrected chi connectivity index (χ3v) is 5.50. The lowest BCUT2D eigenvalue weighted by atomic mass is 9.85. The summed E-state index contributed by atoms with van der Waals surface area (Å²) in [7, 11) is -4.02. The van der Waals surface area contributed by atoms with Gasteiger partial charge in [-0.3, -0.25) is 19.5 Å². The second kappa shape index (κ2) is 5.58. The van der Waals surface area contributed by atoms with Gasteiger partial charge in [0, 0.05) is 0 Å². The van der Waals surface area contributed by atoms with Gasteiger partial charge in [0.1, 0.15) is 0 Å². The summed E-state index contributed by atoms with van der Waals surface area (Å²) in [5.41, 5.74) is 0.956. The lowest BCUT2D eigenvalue weighted by Crippen LogP contribution is -2.25. The predicted octanol–water partition coefficient (Wildman–Crippen LogP) is 1.32. The molecule has 2 bridgehead atoms. The molecule has 7 heteroatoms. The molecule has 1 aromatic carbocycles. The van der Waals surface area contributed by atoms with Crippen LogP contribution in [0.4, 0.5) is 0 Å². The van der Waals surface area contributed by atoms with E-state index in [1.807, 2.05) is 6.92 Å². The molecule has 2 amide bonds. The van der Waals surface area contributed by atoms with Crippen LogP contribution in [-0.4, -0.2) is 24.8 Å². The molecule has 0 spiro atoms. The fourth-order valence-corrected chi connectivity index (χ4v) is 4.02. The molecule has 3 aliphatic rings. The monoisotopic (exact) mass is 335 g/mol. The van der Waals surface area contributed by atoms with E-state index in [1.54, 1.807) is 12.1 Å². The molecule has 2 fully saturated rings. The summed E-state index contributed by atoms with van der Waals surface area (Å²) in [5, 5.41) is 2.40. The first kappa shape index (κ1) is 15.9. The summed E-state index contributed by atoms with van der Waals surface area (Å²) in [5.74, 6) is 0.501. The number of amides is 2. The number of allylic oxidation sites excluding steroid dienone is 2. The number of benzene rings is 1. The number of hydrogen-bond acceptors (Lipinski definition) is 4. The highest BCUT2D eigenvalue weighted by Gasteiger charge is 2.55. The van der Waals surface area contributed by atoms with Crippen LogP contribution in [0.25, 0.3) is 0 Å². The Morgan fingerprint density at radius 2 is 1.48 bits per heavy atom. The summed E-state index contributed by atoms with van der Waals surface area (Å²) < 4.78 is 29.6. The highest BCUT2D eigenvalue weighted by Crippen LogP contribution is 2.50. The van der Waals surface area contributed by atoms with Crippen molar-refractivity contribution < 1.29 is 22.6 Å². The normalized spacial score (nSPS) is 30.7. The van der Waals surface area contributed by atoms with E-state index in [9.17, 15) is 18.0 Å². The minimum Gasteiger partial charge on any atom is -0.296 e. The average molecular weight is 335 g/mol. The number of hydrogen-bond donors (Lipinski definition) is 2. The van der Waals surface area contributed by atoms with Crippen LogP contribution >= 0.6 is 0 Å². The van der Waals surface area contributed by atoms with Crippen LogP contribution in [0.2, 0.25) is 0 Å². The molecule has 4 atom stereocenters. The van der Waals surface area contributed by atoms with Gasteiger partial charge in [-0.2, -0.15) is 8.42 Å². The molecular weight excluding hydrogens is 318 g/mol. The number of carbonyl (C=O) groups excluding carboxylic acids is 2. The van der Waals surface area contributed by atoms with Crippen molar-refractivity contribution in [3.63, 3.8) is 0 Å². The van der Waals surface area contributed by atoms with E-state index in [0.717, 1.165) is 12.0 Å². The van der Waals surface area contributed by atoms with E-state index < -0.39 is 10.1 Å². The third kappa shape index (κ3) is 2.94. The van der Waals surface area contributed by atoms with Crippen LogP contribution < -0.4 is 5.32 Å². The van der Waals surface area contributed by atoms with Crippen LogP contribution in [0, 0.1) is 30.6 Å². The van der Waals surface area contributed by atoms with E-state index >= 15 is 0 Å². The first-order chi connectivity index (χ1) is 10.8. The molecule has 4 rings (SSSR count). The number of nitrogens with one attached hydrogen (secondary N) is 1. The number of rotatable bonds is 1. The van der Waals surface area contributed by atoms with Gasteiger partial charge >= 0.3 is 0 Å². The van der Waals surface area contributed by atoms with E-state index in [0.29, 0.717) is 11.8 Å². The molecule has 1 saturated heterocycles. The molecule has 23 heavy (non-hydrogen) atoms. The molecule has 1 aromatic rings.